The molecule has 0 aliphatic heterocycles. The Labute approximate surface area is 89.6 Å². The molecule has 3 heteroatoms. The third kappa shape index (κ3) is 1.76. The van der Waals surface area contributed by atoms with E-state index in [1.165, 1.54) is 0 Å². The van der Waals surface area contributed by atoms with E-state index in [0.29, 0.717) is 0 Å². The number of ketones is 1. The molecule has 1 heterocycles. The molecule has 0 radical (unpaired) electrons. The Bertz CT molecular complexity index is 365. The van der Waals surface area contributed by atoms with Crippen molar-refractivity contribution >= 4 is 33.0 Å². The fraction of sp³-hybridized carbons (Fsp3) is 0.300. The Morgan fingerprint density at radius 1 is 1.46 bits per heavy atom. The lowest BCUT2D eigenvalue weighted by Crippen LogP contribution is -2.00. The number of hydrogen-bond donors (Lipinski definition) is 0. The molecule has 0 saturated carbocycles. The molecule has 0 aromatic carbocycles. The van der Waals surface area contributed by atoms with Crippen LogP contribution in [0.1, 0.15) is 29.6 Å². The van der Waals surface area contributed by atoms with Crippen molar-refractivity contribution in [2.75, 3.05) is 0 Å². The molecule has 0 spiro atoms. The average molecular weight is 257 g/mol. The molecule has 0 fully saturated rings. The van der Waals surface area contributed by atoms with Crippen molar-refractivity contribution in [3.8, 4) is 0 Å². The van der Waals surface area contributed by atoms with Crippen molar-refractivity contribution in [2.45, 2.75) is 19.3 Å². The van der Waals surface area contributed by atoms with Gasteiger partial charge < -0.3 is 0 Å². The summed E-state index contributed by atoms with van der Waals surface area (Å²) >= 11 is 4.93. The van der Waals surface area contributed by atoms with Gasteiger partial charge in [0.2, 0.25) is 0 Å². The molecule has 0 bridgehead atoms. The van der Waals surface area contributed by atoms with Crippen LogP contribution in [0.2, 0.25) is 0 Å². The molecule has 0 atom stereocenters. The fourth-order valence-corrected chi connectivity index (χ4v) is 2.95. The molecule has 1 aliphatic rings. The van der Waals surface area contributed by atoms with E-state index >= 15 is 0 Å². The summed E-state index contributed by atoms with van der Waals surface area (Å²) < 4.78 is 0.926. The van der Waals surface area contributed by atoms with Gasteiger partial charge in [-0.3, -0.25) is 4.79 Å². The lowest BCUT2D eigenvalue weighted by atomic mass is 10.1. The van der Waals surface area contributed by atoms with Crippen LogP contribution in [0.4, 0.5) is 0 Å². The van der Waals surface area contributed by atoms with Gasteiger partial charge in [-0.1, -0.05) is 6.08 Å². The normalized spacial score (nSPS) is 15.9. The molecule has 1 aromatic heterocycles. The molecule has 68 valence electrons. The topological polar surface area (TPSA) is 17.1 Å². The van der Waals surface area contributed by atoms with Gasteiger partial charge in [-0.25, -0.2) is 0 Å². The largest absolute Gasteiger partial charge is 0.289 e. The summed E-state index contributed by atoms with van der Waals surface area (Å²) in [5.41, 5.74) is 1.80. The van der Waals surface area contributed by atoms with Gasteiger partial charge >= 0.3 is 0 Å². The number of carbonyl (C=O) groups is 1. The zero-order valence-electron chi connectivity index (χ0n) is 7.05. The Morgan fingerprint density at radius 3 is 2.85 bits per heavy atom. The molecule has 0 N–H and O–H groups in total. The van der Waals surface area contributed by atoms with Crippen LogP contribution in [0.5, 0.6) is 0 Å². The van der Waals surface area contributed by atoms with E-state index in [0.717, 1.165) is 34.9 Å². The molecule has 13 heavy (non-hydrogen) atoms. The van der Waals surface area contributed by atoms with Crippen molar-refractivity contribution < 1.29 is 4.79 Å². The van der Waals surface area contributed by atoms with Crippen molar-refractivity contribution in [1.29, 1.82) is 0 Å². The number of carbonyl (C=O) groups excluding carboxylic acids is 1. The summed E-state index contributed by atoms with van der Waals surface area (Å²) in [5, 5.41) is 3.86. The third-order valence-electron chi connectivity index (χ3n) is 2.19. The maximum Gasteiger partial charge on any atom is 0.190 e. The van der Waals surface area contributed by atoms with Crippen LogP contribution in [-0.4, -0.2) is 5.78 Å². The van der Waals surface area contributed by atoms with Crippen LogP contribution in [0.15, 0.2) is 26.9 Å². The molecule has 0 saturated heterocycles. The first-order valence-electron chi connectivity index (χ1n) is 4.24. The molecule has 0 amide bonds. The molecule has 0 unspecified atom stereocenters. The van der Waals surface area contributed by atoms with Gasteiger partial charge in [-0.2, -0.15) is 11.3 Å². The lowest BCUT2D eigenvalue weighted by Gasteiger charge is -1.98. The average Bonchev–Trinajstić information content (AvgIpc) is 2.72. The number of Topliss-reactive ketones (excluding diaryl/α,β-unsaturated/α-hetero) is 1. The highest BCUT2D eigenvalue weighted by molar-refractivity contribution is 9.10. The summed E-state index contributed by atoms with van der Waals surface area (Å²) in [7, 11) is 0. The van der Waals surface area contributed by atoms with Crippen LogP contribution in [0, 0.1) is 0 Å². The Balaban J connectivity index is 2.27. The first-order valence-corrected chi connectivity index (χ1v) is 5.98. The SMILES string of the molecule is O=C(C1=CCCC1)c1cscc1Br. The molecule has 1 aliphatic carbocycles. The Kier molecular flexibility index (Phi) is 2.65. The molecule has 1 nitrogen and oxygen atoms in total. The van der Waals surface area contributed by atoms with Crippen LogP contribution in [0.25, 0.3) is 0 Å². The summed E-state index contributed by atoms with van der Waals surface area (Å²) in [6.45, 7) is 0. The highest BCUT2D eigenvalue weighted by Crippen LogP contribution is 2.28. The number of halogens is 1. The summed E-state index contributed by atoms with van der Waals surface area (Å²) in [5.74, 6) is 0.200. The summed E-state index contributed by atoms with van der Waals surface area (Å²) in [6, 6.07) is 0. The van der Waals surface area contributed by atoms with Crippen LogP contribution in [-0.2, 0) is 0 Å². The zero-order valence-corrected chi connectivity index (χ0v) is 9.45. The highest BCUT2D eigenvalue weighted by atomic mass is 79.9. The monoisotopic (exact) mass is 256 g/mol. The van der Waals surface area contributed by atoms with Crippen LogP contribution >= 0.6 is 27.3 Å². The predicted molar refractivity (Wildman–Crippen MR) is 58.3 cm³/mol. The first kappa shape index (κ1) is 9.16. The van der Waals surface area contributed by atoms with Crippen molar-refractivity contribution in [3.63, 3.8) is 0 Å². The second kappa shape index (κ2) is 3.76. The fourth-order valence-electron chi connectivity index (χ4n) is 1.49. The molecule has 1 aromatic rings. The van der Waals surface area contributed by atoms with E-state index in [-0.39, 0.29) is 5.78 Å². The highest BCUT2D eigenvalue weighted by Gasteiger charge is 2.17. The van der Waals surface area contributed by atoms with Crippen molar-refractivity contribution in [1.82, 2.24) is 0 Å². The van der Waals surface area contributed by atoms with E-state index in [9.17, 15) is 4.79 Å². The maximum atomic E-state index is 11.8. The van der Waals surface area contributed by atoms with Crippen molar-refractivity contribution in [3.05, 3.63) is 32.4 Å². The van der Waals surface area contributed by atoms with Gasteiger partial charge in [0.15, 0.2) is 5.78 Å². The van der Waals surface area contributed by atoms with Gasteiger partial charge in [0.05, 0.1) is 0 Å². The smallest absolute Gasteiger partial charge is 0.190 e. The number of allylic oxidation sites excluding steroid dienone is 2. The van der Waals surface area contributed by atoms with E-state index in [1.54, 1.807) is 11.3 Å². The minimum absolute atomic E-state index is 0.200. The van der Waals surface area contributed by atoms with Crippen molar-refractivity contribution in [2.24, 2.45) is 0 Å². The Morgan fingerprint density at radius 2 is 2.31 bits per heavy atom. The first-order chi connectivity index (χ1) is 6.29. The third-order valence-corrected chi connectivity index (χ3v) is 3.89. The standard InChI is InChI=1S/C10H9BrOS/c11-9-6-13-5-8(9)10(12)7-3-1-2-4-7/h3,5-6H,1-2,4H2. The van der Waals surface area contributed by atoms with Gasteiger partial charge in [-0.15, -0.1) is 0 Å². The Hall–Kier alpha value is -0.410. The maximum absolute atomic E-state index is 11.8. The van der Waals surface area contributed by atoms with E-state index in [2.05, 4.69) is 22.0 Å². The molecule has 2 rings (SSSR count). The van der Waals surface area contributed by atoms with E-state index in [1.807, 2.05) is 10.8 Å². The van der Waals surface area contributed by atoms with Crippen LogP contribution < -0.4 is 0 Å². The van der Waals surface area contributed by atoms with Gasteiger partial charge in [-0.05, 0) is 40.8 Å². The van der Waals surface area contributed by atoms with Crippen LogP contribution in [0.3, 0.4) is 0 Å². The van der Waals surface area contributed by atoms with E-state index < -0.39 is 0 Å². The van der Waals surface area contributed by atoms with Gasteiger partial charge in [0.25, 0.3) is 0 Å². The van der Waals surface area contributed by atoms with Gasteiger partial charge in [0.1, 0.15) is 0 Å². The number of thiophene rings is 1. The second-order valence-electron chi connectivity index (χ2n) is 3.08. The predicted octanol–water partition coefficient (Wildman–Crippen LogP) is 3.80. The summed E-state index contributed by atoms with van der Waals surface area (Å²) in [4.78, 5) is 11.8. The number of rotatable bonds is 2. The molecular weight excluding hydrogens is 248 g/mol. The van der Waals surface area contributed by atoms with E-state index in [4.69, 9.17) is 0 Å². The quantitative estimate of drug-likeness (QED) is 0.736. The summed E-state index contributed by atoms with van der Waals surface area (Å²) in [6.07, 6.45) is 5.19. The molecular formula is C10H9BrOS. The second-order valence-corrected chi connectivity index (χ2v) is 4.68. The van der Waals surface area contributed by atoms with Gasteiger partial charge in [0, 0.05) is 20.8 Å². The number of hydrogen-bond acceptors (Lipinski definition) is 2. The minimum atomic E-state index is 0.200. The minimum Gasteiger partial charge on any atom is -0.289 e. The zero-order chi connectivity index (χ0) is 9.26. The lowest BCUT2D eigenvalue weighted by molar-refractivity contribution is 0.103.